The van der Waals surface area contributed by atoms with Crippen molar-refractivity contribution in [2.24, 2.45) is 0 Å². The van der Waals surface area contributed by atoms with Gasteiger partial charge in [0.05, 0.1) is 13.0 Å². The highest BCUT2D eigenvalue weighted by molar-refractivity contribution is 5.75. The Morgan fingerprint density at radius 2 is 2.00 bits per heavy atom. The lowest BCUT2D eigenvalue weighted by molar-refractivity contribution is -0.121. The molecule has 100 valence electrons. The molecule has 0 unspecified atom stereocenters. The SMILES string of the molecule is COCCCNC(=O)CCOc1ccc(N)cc1. The monoisotopic (exact) mass is 252 g/mol. The smallest absolute Gasteiger partial charge is 0.223 e. The van der Waals surface area contributed by atoms with E-state index in [4.69, 9.17) is 15.2 Å². The van der Waals surface area contributed by atoms with Crippen LogP contribution in [0.1, 0.15) is 12.8 Å². The molecule has 0 spiro atoms. The number of nitrogens with one attached hydrogen (secondary N) is 1. The van der Waals surface area contributed by atoms with Gasteiger partial charge < -0.3 is 20.5 Å². The lowest BCUT2D eigenvalue weighted by Gasteiger charge is -2.07. The minimum atomic E-state index is -0.0125. The van der Waals surface area contributed by atoms with Gasteiger partial charge in [0.2, 0.25) is 5.91 Å². The molecule has 0 aliphatic heterocycles. The lowest BCUT2D eigenvalue weighted by atomic mass is 10.3. The summed E-state index contributed by atoms with van der Waals surface area (Å²) in [6, 6.07) is 7.10. The molecule has 0 atom stereocenters. The summed E-state index contributed by atoms with van der Waals surface area (Å²) in [5.41, 5.74) is 6.25. The van der Waals surface area contributed by atoms with Crippen LogP contribution in [0.25, 0.3) is 0 Å². The van der Waals surface area contributed by atoms with Crippen molar-refractivity contribution in [2.75, 3.05) is 32.6 Å². The molecule has 0 saturated heterocycles. The van der Waals surface area contributed by atoms with E-state index in [0.717, 1.165) is 12.2 Å². The topological polar surface area (TPSA) is 73.6 Å². The summed E-state index contributed by atoms with van der Waals surface area (Å²) in [7, 11) is 1.64. The van der Waals surface area contributed by atoms with Gasteiger partial charge in [-0.3, -0.25) is 4.79 Å². The van der Waals surface area contributed by atoms with Crippen LogP contribution in [0.3, 0.4) is 0 Å². The molecule has 5 heteroatoms. The van der Waals surface area contributed by atoms with E-state index in [1.54, 1.807) is 31.4 Å². The summed E-state index contributed by atoms with van der Waals surface area (Å²) in [4.78, 5) is 11.4. The molecule has 3 N–H and O–H groups in total. The highest BCUT2D eigenvalue weighted by Gasteiger charge is 2.01. The third kappa shape index (κ3) is 6.10. The predicted molar refractivity (Wildman–Crippen MR) is 70.5 cm³/mol. The molecule has 0 aliphatic rings. The van der Waals surface area contributed by atoms with Crippen LogP contribution in [0.5, 0.6) is 5.75 Å². The molecule has 18 heavy (non-hydrogen) atoms. The number of carbonyl (C=O) groups excluding carboxylic acids is 1. The van der Waals surface area contributed by atoms with Crippen molar-refractivity contribution in [3.8, 4) is 5.75 Å². The molecule has 1 rings (SSSR count). The second kappa shape index (κ2) is 8.36. The average Bonchev–Trinajstić information content (AvgIpc) is 2.37. The van der Waals surface area contributed by atoms with E-state index in [1.165, 1.54) is 0 Å². The van der Waals surface area contributed by atoms with Gasteiger partial charge in [0.25, 0.3) is 0 Å². The van der Waals surface area contributed by atoms with E-state index in [9.17, 15) is 4.79 Å². The molecule has 0 fully saturated rings. The van der Waals surface area contributed by atoms with E-state index in [1.807, 2.05) is 0 Å². The number of hydrogen-bond donors (Lipinski definition) is 2. The van der Waals surface area contributed by atoms with Crippen molar-refractivity contribution in [1.82, 2.24) is 5.32 Å². The van der Waals surface area contributed by atoms with Crippen LogP contribution in [0.15, 0.2) is 24.3 Å². The standard InChI is InChI=1S/C13H20N2O3/c1-17-9-2-8-15-13(16)7-10-18-12-5-3-11(14)4-6-12/h3-6H,2,7-10,14H2,1H3,(H,15,16). The maximum Gasteiger partial charge on any atom is 0.223 e. The fourth-order valence-electron chi connectivity index (χ4n) is 1.36. The summed E-state index contributed by atoms with van der Waals surface area (Å²) in [5.74, 6) is 0.706. The second-order valence-electron chi connectivity index (χ2n) is 3.86. The molecule has 1 aromatic carbocycles. The highest BCUT2D eigenvalue weighted by Crippen LogP contribution is 2.12. The zero-order valence-electron chi connectivity index (χ0n) is 10.6. The Labute approximate surface area is 107 Å². The molecular weight excluding hydrogens is 232 g/mol. The first-order valence-electron chi connectivity index (χ1n) is 5.96. The molecule has 0 heterocycles. The Hall–Kier alpha value is -1.75. The van der Waals surface area contributed by atoms with Crippen molar-refractivity contribution in [2.45, 2.75) is 12.8 Å². The van der Waals surface area contributed by atoms with Gasteiger partial charge in [-0.15, -0.1) is 0 Å². The second-order valence-corrected chi connectivity index (χ2v) is 3.86. The minimum absolute atomic E-state index is 0.0125. The molecule has 1 aromatic rings. The summed E-state index contributed by atoms with van der Waals surface area (Å²) < 4.78 is 10.3. The number of amides is 1. The Balaban J connectivity index is 2.10. The highest BCUT2D eigenvalue weighted by atomic mass is 16.5. The number of rotatable bonds is 8. The number of methoxy groups -OCH3 is 1. The van der Waals surface area contributed by atoms with E-state index < -0.39 is 0 Å². The first-order chi connectivity index (χ1) is 8.72. The van der Waals surface area contributed by atoms with Gasteiger partial charge in [0.15, 0.2) is 0 Å². The van der Waals surface area contributed by atoms with Gasteiger partial charge in [-0.25, -0.2) is 0 Å². The number of ether oxygens (including phenoxy) is 2. The number of benzene rings is 1. The van der Waals surface area contributed by atoms with Gasteiger partial charge in [-0.1, -0.05) is 0 Å². The fourth-order valence-corrected chi connectivity index (χ4v) is 1.36. The van der Waals surface area contributed by atoms with Crippen molar-refractivity contribution in [3.05, 3.63) is 24.3 Å². The van der Waals surface area contributed by atoms with Crippen LogP contribution < -0.4 is 15.8 Å². The van der Waals surface area contributed by atoms with E-state index >= 15 is 0 Å². The van der Waals surface area contributed by atoms with E-state index in [0.29, 0.717) is 31.9 Å². The maximum absolute atomic E-state index is 11.4. The van der Waals surface area contributed by atoms with E-state index in [-0.39, 0.29) is 5.91 Å². The van der Waals surface area contributed by atoms with Gasteiger partial charge in [0, 0.05) is 25.9 Å². The molecule has 0 aromatic heterocycles. The number of anilines is 1. The largest absolute Gasteiger partial charge is 0.493 e. The number of hydrogen-bond acceptors (Lipinski definition) is 4. The third-order valence-corrected chi connectivity index (χ3v) is 2.33. The van der Waals surface area contributed by atoms with Gasteiger partial charge in [-0.2, -0.15) is 0 Å². The van der Waals surface area contributed by atoms with Gasteiger partial charge >= 0.3 is 0 Å². The summed E-state index contributed by atoms with van der Waals surface area (Å²) in [6.07, 6.45) is 1.17. The molecular formula is C13H20N2O3. The van der Waals surface area contributed by atoms with Crippen molar-refractivity contribution in [1.29, 1.82) is 0 Å². The number of carbonyl (C=O) groups is 1. The fraction of sp³-hybridized carbons (Fsp3) is 0.462. The third-order valence-electron chi connectivity index (χ3n) is 2.33. The normalized spacial score (nSPS) is 10.1. The number of nitrogens with two attached hydrogens (primary N) is 1. The maximum atomic E-state index is 11.4. The summed E-state index contributed by atoms with van der Waals surface area (Å²) in [6.45, 7) is 1.65. The van der Waals surface area contributed by atoms with Gasteiger partial charge in [0.1, 0.15) is 5.75 Å². The average molecular weight is 252 g/mol. The van der Waals surface area contributed by atoms with Crippen LogP contribution >= 0.6 is 0 Å². The van der Waals surface area contributed by atoms with Crippen LogP contribution in [0.4, 0.5) is 5.69 Å². The Morgan fingerprint density at radius 3 is 2.67 bits per heavy atom. The zero-order chi connectivity index (χ0) is 13.2. The quantitative estimate of drug-likeness (QED) is 0.538. The molecule has 1 amide bonds. The van der Waals surface area contributed by atoms with Crippen LogP contribution in [0.2, 0.25) is 0 Å². The minimum Gasteiger partial charge on any atom is -0.493 e. The molecule has 0 aliphatic carbocycles. The van der Waals surface area contributed by atoms with E-state index in [2.05, 4.69) is 5.32 Å². The van der Waals surface area contributed by atoms with Crippen LogP contribution in [-0.4, -0.2) is 32.8 Å². The lowest BCUT2D eigenvalue weighted by Crippen LogP contribution is -2.26. The molecule has 5 nitrogen and oxygen atoms in total. The molecule has 0 saturated carbocycles. The Bertz CT molecular complexity index is 352. The summed E-state index contributed by atoms with van der Waals surface area (Å²) in [5, 5.41) is 2.79. The first-order valence-corrected chi connectivity index (χ1v) is 5.96. The van der Waals surface area contributed by atoms with Crippen LogP contribution in [-0.2, 0) is 9.53 Å². The van der Waals surface area contributed by atoms with Crippen molar-refractivity contribution in [3.63, 3.8) is 0 Å². The van der Waals surface area contributed by atoms with Gasteiger partial charge in [-0.05, 0) is 30.7 Å². The zero-order valence-corrected chi connectivity index (χ0v) is 10.6. The van der Waals surface area contributed by atoms with Crippen molar-refractivity contribution >= 4 is 11.6 Å². The Kier molecular flexibility index (Phi) is 6.64. The molecule has 0 radical (unpaired) electrons. The Morgan fingerprint density at radius 1 is 1.28 bits per heavy atom. The van der Waals surface area contributed by atoms with Crippen molar-refractivity contribution < 1.29 is 14.3 Å². The first kappa shape index (κ1) is 14.3. The summed E-state index contributed by atoms with van der Waals surface area (Å²) >= 11 is 0. The van der Waals surface area contributed by atoms with Crippen LogP contribution in [0, 0.1) is 0 Å². The number of nitrogen functional groups attached to an aromatic ring is 1. The molecule has 0 bridgehead atoms. The predicted octanol–water partition coefficient (Wildman–Crippen LogP) is 1.19.